The number of aryl methyl sites for hydroxylation is 1. The summed E-state index contributed by atoms with van der Waals surface area (Å²) in [6.45, 7) is 3.41. The fraction of sp³-hybridized carbons (Fsp3) is 0.417. The van der Waals surface area contributed by atoms with Crippen LogP contribution < -0.4 is 4.74 Å². The summed E-state index contributed by atoms with van der Waals surface area (Å²) >= 11 is 0. The van der Waals surface area contributed by atoms with Crippen LogP contribution in [-0.4, -0.2) is 29.5 Å². The van der Waals surface area contributed by atoms with Crippen molar-refractivity contribution >= 4 is 10.9 Å². The number of hydrogen-bond donors (Lipinski definition) is 1. The SMILES string of the molecule is COc1cc(C)c2[nH]ccc2c1CN1CCC2(CC1c1ccccc1)CC2(F)F. The predicted molar refractivity (Wildman–Crippen MR) is 110 cm³/mol. The third-order valence-electron chi connectivity index (χ3n) is 6.99. The molecule has 1 aliphatic carbocycles. The molecule has 5 rings (SSSR count). The van der Waals surface area contributed by atoms with Gasteiger partial charge in [-0.25, -0.2) is 8.78 Å². The lowest BCUT2D eigenvalue weighted by Gasteiger charge is -2.40. The monoisotopic (exact) mass is 396 g/mol. The van der Waals surface area contributed by atoms with Crippen LogP contribution in [0.5, 0.6) is 5.75 Å². The highest BCUT2D eigenvalue weighted by molar-refractivity contribution is 5.88. The molecule has 1 spiro atoms. The summed E-state index contributed by atoms with van der Waals surface area (Å²) in [4.78, 5) is 5.68. The van der Waals surface area contributed by atoms with Gasteiger partial charge in [-0.05, 0) is 49.6 Å². The number of benzene rings is 2. The number of methoxy groups -OCH3 is 1. The summed E-state index contributed by atoms with van der Waals surface area (Å²) in [5.41, 5.74) is 3.67. The van der Waals surface area contributed by atoms with Gasteiger partial charge in [-0.1, -0.05) is 30.3 Å². The summed E-state index contributed by atoms with van der Waals surface area (Å²) in [5.74, 6) is -1.65. The number of nitrogens with zero attached hydrogens (tertiary/aromatic N) is 1. The zero-order valence-electron chi connectivity index (χ0n) is 16.8. The summed E-state index contributed by atoms with van der Waals surface area (Å²) < 4.78 is 34.1. The van der Waals surface area contributed by atoms with Crippen LogP contribution in [0.15, 0.2) is 48.7 Å². The first-order valence-electron chi connectivity index (χ1n) is 10.2. The number of hydrogen-bond acceptors (Lipinski definition) is 2. The smallest absolute Gasteiger partial charge is 0.254 e. The van der Waals surface area contributed by atoms with Gasteiger partial charge in [0.2, 0.25) is 0 Å². The maximum atomic E-state index is 14.2. The van der Waals surface area contributed by atoms with Crippen LogP contribution in [0.4, 0.5) is 8.78 Å². The Balaban J connectivity index is 1.53. The molecule has 0 radical (unpaired) electrons. The highest BCUT2D eigenvalue weighted by Crippen LogP contribution is 2.68. The number of ether oxygens (including phenoxy) is 1. The van der Waals surface area contributed by atoms with E-state index in [1.165, 1.54) is 0 Å². The average molecular weight is 396 g/mol. The first-order valence-corrected chi connectivity index (χ1v) is 10.2. The maximum absolute atomic E-state index is 14.2. The second-order valence-corrected chi connectivity index (χ2v) is 8.65. The Bertz CT molecular complexity index is 1050. The Morgan fingerprint density at radius 1 is 1.21 bits per heavy atom. The molecule has 0 bridgehead atoms. The van der Waals surface area contributed by atoms with Crippen molar-refractivity contribution in [2.45, 2.75) is 44.7 Å². The third-order valence-corrected chi connectivity index (χ3v) is 6.99. The van der Waals surface area contributed by atoms with Gasteiger partial charge in [0.05, 0.1) is 7.11 Å². The van der Waals surface area contributed by atoms with Gasteiger partial charge in [0.25, 0.3) is 5.92 Å². The van der Waals surface area contributed by atoms with Crippen molar-refractivity contribution in [3.63, 3.8) is 0 Å². The number of fused-ring (bicyclic) bond motifs is 1. The van der Waals surface area contributed by atoms with Crippen molar-refractivity contribution in [2.24, 2.45) is 5.41 Å². The van der Waals surface area contributed by atoms with Gasteiger partial charge in [0.1, 0.15) is 5.75 Å². The Morgan fingerprint density at radius 2 is 1.97 bits per heavy atom. The van der Waals surface area contributed by atoms with E-state index in [-0.39, 0.29) is 12.5 Å². The number of H-pyrrole nitrogens is 1. The number of nitrogens with one attached hydrogen (secondary N) is 1. The number of alkyl halides is 2. The fourth-order valence-corrected chi connectivity index (χ4v) is 5.17. The van der Waals surface area contributed by atoms with Gasteiger partial charge < -0.3 is 9.72 Å². The Morgan fingerprint density at radius 3 is 2.66 bits per heavy atom. The fourth-order valence-electron chi connectivity index (χ4n) is 5.17. The molecule has 1 N–H and O–H groups in total. The Labute approximate surface area is 169 Å². The molecule has 1 aliphatic heterocycles. The van der Waals surface area contributed by atoms with Crippen molar-refractivity contribution in [1.29, 1.82) is 0 Å². The Kier molecular flexibility index (Phi) is 4.21. The van der Waals surface area contributed by atoms with Crippen LogP contribution in [-0.2, 0) is 6.54 Å². The van der Waals surface area contributed by atoms with E-state index in [1.54, 1.807) is 7.11 Å². The van der Waals surface area contributed by atoms with E-state index in [2.05, 4.69) is 41.1 Å². The molecule has 2 atom stereocenters. The zero-order chi connectivity index (χ0) is 20.2. The van der Waals surface area contributed by atoms with Crippen molar-refractivity contribution in [3.05, 3.63) is 65.4 Å². The molecule has 152 valence electrons. The molecule has 2 aromatic carbocycles. The topological polar surface area (TPSA) is 28.3 Å². The van der Waals surface area contributed by atoms with Crippen molar-refractivity contribution in [3.8, 4) is 5.75 Å². The van der Waals surface area contributed by atoms with Crippen LogP contribution in [0, 0.1) is 12.3 Å². The number of aromatic amines is 1. The molecule has 2 fully saturated rings. The van der Waals surface area contributed by atoms with E-state index < -0.39 is 11.3 Å². The number of halogens is 2. The summed E-state index contributed by atoms with van der Waals surface area (Å²) in [7, 11) is 1.70. The van der Waals surface area contributed by atoms with Gasteiger partial charge in [-0.2, -0.15) is 0 Å². The maximum Gasteiger partial charge on any atom is 0.254 e. The lowest BCUT2D eigenvalue weighted by atomic mass is 9.83. The molecule has 2 unspecified atom stereocenters. The van der Waals surface area contributed by atoms with Crippen LogP contribution in [0.1, 0.15) is 42.0 Å². The van der Waals surface area contributed by atoms with E-state index in [0.717, 1.165) is 33.3 Å². The molecule has 2 heterocycles. The van der Waals surface area contributed by atoms with Gasteiger partial charge in [-0.3, -0.25) is 4.90 Å². The summed E-state index contributed by atoms with van der Waals surface area (Å²) in [6, 6.07) is 14.2. The van der Waals surface area contributed by atoms with Gasteiger partial charge in [-0.15, -0.1) is 0 Å². The van der Waals surface area contributed by atoms with Crippen LogP contribution in [0.3, 0.4) is 0 Å². The number of piperidine rings is 1. The van der Waals surface area contributed by atoms with E-state index in [9.17, 15) is 8.78 Å². The number of aromatic nitrogens is 1. The minimum absolute atomic E-state index is 0.0154. The number of likely N-dealkylation sites (tertiary alicyclic amines) is 1. The van der Waals surface area contributed by atoms with Gasteiger partial charge in [0.15, 0.2) is 0 Å². The predicted octanol–water partition coefficient (Wildman–Crippen LogP) is 5.85. The third kappa shape index (κ3) is 2.94. The Hall–Kier alpha value is -2.40. The lowest BCUT2D eigenvalue weighted by molar-refractivity contribution is 0.00632. The van der Waals surface area contributed by atoms with Crippen molar-refractivity contribution < 1.29 is 13.5 Å². The van der Waals surface area contributed by atoms with Gasteiger partial charge in [0, 0.05) is 47.1 Å². The zero-order valence-corrected chi connectivity index (χ0v) is 16.8. The first kappa shape index (κ1) is 18.6. The van der Waals surface area contributed by atoms with Crippen LogP contribution in [0.2, 0.25) is 0 Å². The highest BCUT2D eigenvalue weighted by Gasteiger charge is 2.71. The molecule has 3 aromatic rings. The molecule has 1 saturated heterocycles. The van der Waals surface area contributed by atoms with E-state index in [0.29, 0.717) is 25.9 Å². The standard InChI is InChI=1S/C24H26F2N2O/c1-16-12-21(29-2)19(18-8-10-27-22(16)18)14-28-11-9-23(15-24(23,25)26)13-20(28)17-6-4-3-5-7-17/h3-8,10,12,20,27H,9,11,13-15H2,1-2H3. The van der Waals surface area contributed by atoms with E-state index in [1.807, 2.05) is 24.4 Å². The molecule has 29 heavy (non-hydrogen) atoms. The molecule has 5 heteroatoms. The van der Waals surface area contributed by atoms with Gasteiger partial charge >= 0.3 is 0 Å². The summed E-state index contributed by atoms with van der Waals surface area (Å²) in [5, 5.41) is 1.14. The average Bonchev–Trinajstić information content (AvgIpc) is 3.06. The molecule has 2 aliphatic rings. The number of rotatable bonds is 4. The largest absolute Gasteiger partial charge is 0.496 e. The summed E-state index contributed by atoms with van der Waals surface area (Å²) in [6.07, 6.45) is 3.04. The second-order valence-electron chi connectivity index (χ2n) is 8.65. The molecular weight excluding hydrogens is 370 g/mol. The molecule has 1 aromatic heterocycles. The van der Waals surface area contributed by atoms with Crippen molar-refractivity contribution in [1.82, 2.24) is 9.88 Å². The van der Waals surface area contributed by atoms with Crippen LogP contribution >= 0.6 is 0 Å². The highest BCUT2D eigenvalue weighted by atomic mass is 19.3. The van der Waals surface area contributed by atoms with E-state index >= 15 is 0 Å². The second kappa shape index (κ2) is 6.56. The molecule has 3 nitrogen and oxygen atoms in total. The minimum Gasteiger partial charge on any atom is -0.496 e. The molecule has 0 amide bonds. The molecular formula is C24H26F2N2O. The minimum atomic E-state index is -2.51. The first-order chi connectivity index (χ1) is 13.9. The van der Waals surface area contributed by atoms with Crippen LogP contribution in [0.25, 0.3) is 10.9 Å². The lowest BCUT2D eigenvalue weighted by Crippen LogP contribution is -2.39. The van der Waals surface area contributed by atoms with Crippen molar-refractivity contribution in [2.75, 3.05) is 13.7 Å². The molecule has 1 saturated carbocycles. The van der Waals surface area contributed by atoms with E-state index in [4.69, 9.17) is 4.74 Å². The normalized spacial score (nSPS) is 26.1. The quantitative estimate of drug-likeness (QED) is 0.599.